The molecule has 0 bridgehead atoms. The third-order valence-electron chi connectivity index (χ3n) is 4.38. The minimum Gasteiger partial charge on any atom is -0.444 e. The van der Waals surface area contributed by atoms with E-state index in [4.69, 9.17) is 4.74 Å². The Hall–Kier alpha value is -2.54. The molecule has 2 amide bonds. The summed E-state index contributed by atoms with van der Waals surface area (Å²) in [6.45, 7) is 5.72. The molecule has 1 unspecified atom stereocenters. The van der Waals surface area contributed by atoms with Gasteiger partial charge in [0.2, 0.25) is 0 Å². The third kappa shape index (κ3) is 5.73. The van der Waals surface area contributed by atoms with Crippen LogP contribution in [0.25, 0.3) is 0 Å². The van der Waals surface area contributed by atoms with Crippen molar-refractivity contribution in [3.05, 3.63) is 65.0 Å². The highest BCUT2D eigenvalue weighted by atomic mass is 32.2. The summed E-state index contributed by atoms with van der Waals surface area (Å²) in [5.74, 6) is 0.311. The second-order valence-electron chi connectivity index (χ2n) is 7.87. The average Bonchev–Trinajstić information content (AvgIpc) is 2.66. The molecule has 1 aliphatic heterocycles. The maximum absolute atomic E-state index is 14.0. The van der Waals surface area contributed by atoms with Crippen LogP contribution in [-0.2, 0) is 11.3 Å². The molecule has 0 aromatic heterocycles. The van der Waals surface area contributed by atoms with Gasteiger partial charge in [-0.1, -0.05) is 24.3 Å². The van der Waals surface area contributed by atoms with Crippen LogP contribution in [-0.4, -0.2) is 23.4 Å². The van der Waals surface area contributed by atoms with E-state index >= 15 is 0 Å². The van der Waals surface area contributed by atoms with Crippen molar-refractivity contribution in [1.29, 1.82) is 0 Å². The molecular weight excluding hydrogens is 391 g/mol. The molecule has 7 heteroatoms. The van der Waals surface area contributed by atoms with Crippen LogP contribution < -0.4 is 10.6 Å². The normalized spacial score (nSPS) is 15.9. The molecule has 2 aromatic carbocycles. The van der Waals surface area contributed by atoms with E-state index in [2.05, 4.69) is 10.6 Å². The Balaban J connectivity index is 1.59. The van der Waals surface area contributed by atoms with Crippen molar-refractivity contribution in [3.63, 3.8) is 0 Å². The van der Waals surface area contributed by atoms with Crippen molar-refractivity contribution in [3.8, 4) is 0 Å². The predicted molar refractivity (Wildman–Crippen MR) is 111 cm³/mol. The number of thioether (sulfide) groups is 1. The largest absolute Gasteiger partial charge is 0.444 e. The first-order valence-electron chi connectivity index (χ1n) is 9.51. The third-order valence-corrected chi connectivity index (χ3v) is 5.54. The topological polar surface area (TPSA) is 67.4 Å². The van der Waals surface area contributed by atoms with E-state index in [1.54, 1.807) is 51.1 Å². The maximum atomic E-state index is 14.0. The summed E-state index contributed by atoms with van der Waals surface area (Å²) >= 11 is 1.48. The number of hydrogen-bond acceptors (Lipinski definition) is 4. The SMILES string of the molecule is CC(C)(C)OC(=O)NCc1ccc(C(=O)NC2CCSc3c(F)cccc32)cc1. The Labute approximate surface area is 174 Å². The minimum absolute atomic E-state index is 0.205. The molecular formula is C22H25FN2O3S. The van der Waals surface area contributed by atoms with Crippen LogP contribution in [0, 0.1) is 5.82 Å². The molecule has 2 N–H and O–H groups in total. The highest BCUT2D eigenvalue weighted by Crippen LogP contribution is 2.37. The van der Waals surface area contributed by atoms with Crippen LogP contribution in [0.2, 0.25) is 0 Å². The Morgan fingerprint density at radius 1 is 1.17 bits per heavy atom. The first kappa shape index (κ1) is 21.2. The van der Waals surface area contributed by atoms with Gasteiger partial charge in [-0.25, -0.2) is 9.18 Å². The van der Waals surface area contributed by atoms with Crippen LogP contribution in [0.3, 0.4) is 0 Å². The standard InChI is InChI=1S/C22H25FN2O3S/c1-22(2,3)28-21(27)24-13-14-7-9-15(10-8-14)20(26)25-18-11-12-29-19-16(18)5-4-6-17(19)23/h4-10,18H,11-13H2,1-3H3,(H,24,27)(H,25,26). The molecule has 0 spiro atoms. The smallest absolute Gasteiger partial charge is 0.407 e. The fourth-order valence-corrected chi connectivity index (χ4v) is 4.18. The number of amides is 2. The lowest BCUT2D eigenvalue weighted by atomic mass is 10.0. The number of hydrogen-bond donors (Lipinski definition) is 2. The monoisotopic (exact) mass is 416 g/mol. The second kappa shape index (κ2) is 8.86. The van der Waals surface area contributed by atoms with Gasteiger partial charge >= 0.3 is 6.09 Å². The molecule has 0 aliphatic carbocycles. The lowest BCUT2D eigenvalue weighted by Gasteiger charge is -2.26. The highest BCUT2D eigenvalue weighted by molar-refractivity contribution is 7.99. The van der Waals surface area contributed by atoms with E-state index in [-0.39, 0.29) is 17.8 Å². The lowest BCUT2D eigenvalue weighted by molar-refractivity contribution is 0.0523. The van der Waals surface area contributed by atoms with Gasteiger partial charge in [0.05, 0.1) is 6.04 Å². The van der Waals surface area contributed by atoms with Crippen LogP contribution in [0.5, 0.6) is 0 Å². The zero-order chi connectivity index (χ0) is 21.0. The van der Waals surface area contributed by atoms with Crippen molar-refractivity contribution >= 4 is 23.8 Å². The summed E-state index contributed by atoms with van der Waals surface area (Å²) in [7, 11) is 0. The number of fused-ring (bicyclic) bond motifs is 1. The zero-order valence-electron chi connectivity index (χ0n) is 16.8. The number of halogens is 1. The Kier molecular flexibility index (Phi) is 6.47. The first-order chi connectivity index (χ1) is 13.7. The number of rotatable bonds is 4. The Bertz CT molecular complexity index is 894. The van der Waals surface area contributed by atoms with Crippen molar-refractivity contribution in [2.45, 2.75) is 50.3 Å². The van der Waals surface area contributed by atoms with Crippen LogP contribution in [0.4, 0.5) is 9.18 Å². The van der Waals surface area contributed by atoms with Crippen LogP contribution >= 0.6 is 11.8 Å². The van der Waals surface area contributed by atoms with Crippen molar-refractivity contribution in [1.82, 2.24) is 10.6 Å². The van der Waals surface area contributed by atoms with E-state index in [1.807, 2.05) is 6.07 Å². The summed E-state index contributed by atoms with van der Waals surface area (Å²) < 4.78 is 19.2. The number of alkyl carbamates (subject to hydrolysis) is 1. The number of carbonyl (C=O) groups excluding carboxylic acids is 2. The van der Waals surface area contributed by atoms with E-state index in [9.17, 15) is 14.0 Å². The van der Waals surface area contributed by atoms with E-state index < -0.39 is 11.7 Å². The first-order valence-corrected chi connectivity index (χ1v) is 10.5. The van der Waals surface area contributed by atoms with Gasteiger partial charge in [0.25, 0.3) is 5.91 Å². The summed E-state index contributed by atoms with van der Waals surface area (Å²) in [5.41, 5.74) is 1.65. The van der Waals surface area contributed by atoms with Gasteiger partial charge in [0, 0.05) is 22.8 Å². The number of nitrogens with one attached hydrogen (secondary N) is 2. The quantitative estimate of drug-likeness (QED) is 0.750. The van der Waals surface area contributed by atoms with Gasteiger partial charge in [-0.2, -0.15) is 0 Å². The molecule has 1 heterocycles. The summed E-state index contributed by atoms with van der Waals surface area (Å²) in [6, 6.07) is 11.8. The molecule has 0 saturated heterocycles. The summed E-state index contributed by atoms with van der Waals surface area (Å²) in [5, 5.41) is 5.69. The summed E-state index contributed by atoms with van der Waals surface area (Å²) in [4.78, 5) is 25.0. The van der Waals surface area contributed by atoms with Gasteiger partial charge < -0.3 is 15.4 Å². The molecule has 0 saturated carbocycles. The molecule has 0 fully saturated rings. The molecule has 5 nitrogen and oxygen atoms in total. The predicted octanol–water partition coefficient (Wildman–Crippen LogP) is 4.82. The Morgan fingerprint density at radius 2 is 1.90 bits per heavy atom. The molecule has 3 rings (SSSR count). The van der Waals surface area contributed by atoms with Gasteiger partial charge in [-0.3, -0.25) is 4.79 Å². The molecule has 1 atom stereocenters. The average molecular weight is 417 g/mol. The van der Waals surface area contributed by atoms with E-state index in [0.717, 1.165) is 23.3 Å². The fraction of sp³-hybridized carbons (Fsp3) is 0.364. The van der Waals surface area contributed by atoms with E-state index in [1.165, 1.54) is 17.8 Å². The van der Waals surface area contributed by atoms with Crippen molar-refractivity contribution in [2.75, 3.05) is 5.75 Å². The second-order valence-corrected chi connectivity index (χ2v) is 8.98. The zero-order valence-corrected chi connectivity index (χ0v) is 17.6. The Morgan fingerprint density at radius 3 is 2.59 bits per heavy atom. The summed E-state index contributed by atoms with van der Waals surface area (Å²) in [6.07, 6.45) is 0.269. The van der Waals surface area contributed by atoms with Gasteiger partial charge in [-0.05, 0) is 56.5 Å². The molecule has 0 radical (unpaired) electrons. The van der Waals surface area contributed by atoms with Crippen LogP contribution in [0.1, 0.15) is 54.7 Å². The van der Waals surface area contributed by atoms with Crippen molar-refractivity contribution < 1.29 is 18.7 Å². The van der Waals surface area contributed by atoms with Gasteiger partial charge in [0.1, 0.15) is 11.4 Å². The van der Waals surface area contributed by atoms with E-state index in [0.29, 0.717) is 17.0 Å². The van der Waals surface area contributed by atoms with Gasteiger partial charge in [0.15, 0.2) is 0 Å². The number of benzene rings is 2. The fourth-order valence-electron chi connectivity index (χ4n) is 3.04. The van der Waals surface area contributed by atoms with Crippen molar-refractivity contribution in [2.24, 2.45) is 0 Å². The van der Waals surface area contributed by atoms with Crippen LogP contribution in [0.15, 0.2) is 47.4 Å². The van der Waals surface area contributed by atoms with Gasteiger partial charge in [-0.15, -0.1) is 11.8 Å². The number of carbonyl (C=O) groups is 2. The highest BCUT2D eigenvalue weighted by Gasteiger charge is 2.24. The molecule has 1 aliphatic rings. The molecule has 2 aromatic rings. The minimum atomic E-state index is -0.550. The number of ether oxygens (including phenoxy) is 1. The maximum Gasteiger partial charge on any atom is 0.407 e. The molecule has 29 heavy (non-hydrogen) atoms. The lowest BCUT2D eigenvalue weighted by Crippen LogP contribution is -2.32. The molecule has 154 valence electrons.